The van der Waals surface area contributed by atoms with E-state index in [-0.39, 0.29) is 6.04 Å². The van der Waals surface area contributed by atoms with E-state index in [2.05, 4.69) is 42.3 Å². The molecule has 2 aromatic rings. The van der Waals surface area contributed by atoms with Crippen LogP contribution in [0.2, 0.25) is 0 Å². The van der Waals surface area contributed by atoms with E-state index < -0.39 is 0 Å². The van der Waals surface area contributed by atoms with Crippen LogP contribution in [0.25, 0.3) is 0 Å². The molecule has 0 saturated carbocycles. The molecule has 20 heavy (non-hydrogen) atoms. The van der Waals surface area contributed by atoms with Crippen molar-refractivity contribution in [2.45, 2.75) is 25.9 Å². The van der Waals surface area contributed by atoms with Crippen molar-refractivity contribution in [3.8, 4) is 5.75 Å². The molecule has 1 aliphatic rings. The second-order valence-electron chi connectivity index (χ2n) is 5.48. The molecule has 0 radical (unpaired) electrons. The lowest BCUT2D eigenvalue weighted by Crippen LogP contribution is -2.35. The minimum absolute atomic E-state index is 0.266. The molecule has 3 atom stereocenters. The Hall–Kier alpha value is -1.87. The van der Waals surface area contributed by atoms with Crippen molar-refractivity contribution in [3.05, 3.63) is 59.9 Å². The Bertz CT molecular complexity index is 570. The number of para-hydroxylation sites is 1. The molecule has 0 saturated heterocycles. The maximum Gasteiger partial charge on any atom is 0.124 e. The fourth-order valence-corrected chi connectivity index (χ4v) is 2.74. The van der Waals surface area contributed by atoms with E-state index in [0.717, 1.165) is 12.4 Å². The molecule has 1 aromatic heterocycles. The van der Waals surface area contributed by atoms with Gasteiger partial charge >= 0.3 is 0 Å². The lowest BCUT2D eigenvalue weighted by molar-refractivity contribution is 0.182. The van der Waals surface area contributed by atoms with Crippen LogP contribution in [0.4, 0.5) is 0 Å². The van der Waals surface area contributed by atoms with Crippen LogP contribution in [0.3, 0.4) is 0 Å². The highest BCUT2D eigenvalue weighted by atomic mass is 16.5. The molecule has 1 N–H and O–H groups in total. The van der Waals surface area contributed by atoms with Gasteiger partial charge in [-0.1, -0.05) is 31.2 Å². The molecule has 3 rings (SSSR count). The molecule has 1 aliphatic heterocycles. The number of nitrogens with zero attached hydrogens (tertiary/aromatic N) is 1. The number of fused-ring (bicyclic) bond motifs is 1. The number of aromatic nitrogens is 1. The van der Waals surface area contributed by atoms with Gasteiger partial charge in [0.2, 0.25) is 0 Å². The quantitative estimate of drug-likeness (QED) is 0.925. The molecule has 0 bridgehead atoms. The van der Waals surface area contributed by atoms with E-state index in [9.17, 15) is 0 Å². The fraction of sp³-hybridized carbons (Fsp3) is 0.353. The summed E-state index contributed by atoms with van der Waals surface area (Å²) in [5.41, 5.74) is 2.46. The number of hydrogen-bond donors (Lipinski definition) is 1. The Morgan fingerprint density at radius 1 is 1.25 bits per heavy atom. The topological polar surface area (TPSA) is 34.1 Å². The van der Waals surface area contributed by atoms with E-state index in [1.807, 2.05) is 30.6 Å². The summed E-state index contributed by atoms with van der Waals surface area (Å²) in [6.45, 7) is 5.17. The number of hydrogen-bond acceptors (Lipinski definition) is 3. The number of pyridine rings is 1. The molecule has 1 aromatic carbocycles. The summed E-state index contributed by atoms with van der Waals surface area (Å²) in [4.78, 5) is 4.20. The van der Waals surface area contributed by atoms with Gasteiger partial charge in [-0.3, -0.25) is 4.98 Å². The smallest absolute Gasteiger partial charge is 0.124 e. The van der Waals surface area contributed by atoms with Crippen LogP contribution in [0.5, 0.6) is 5.75 Å². The van der Waals surface area contributed by atoms with Crippen molar-refractivity contribution >= 4 is 0 Å². The third kappa shape index (κ3) is 2.54. The molecule has 104 valence electrons. The zero-order valence-electron chi connectivity index (χ0n) is 11.9. The minimum Gasteiger partial charge on any atom is -0.493 e. The molecular formula is C17H20N2O. The van der Waals surface area contributed by atoms with Gasteiger partial charge in [0.15, 0.2) is 0 Å². The molecule has 0 spiro atoms. The SMILES string of the molecule is CC(NC1c2ccccc2OCC1C)c1cccnc1. The first-order valence-corrected chi connectivity index (χ1v) is 7.13. The molecule has 0 aliphatic carbocycles. The number of benzene rings is 1. The molecule has 0 amide bonds. The van der Waals surface area contributed by atoms with Gasteiger partial charge in [-0.2, -0.15) is 0 Å². The first kappa shape index (κ1) is 13.1. The summed E-state index contributed by atoms with van der Waals surface area (Å²) < 4.78 is 5.80. The monoisotopic (exact) mass is 268 g/mol. The lowest BCUT2D eigenvalue weighted by atomic mass is 9.91. The Kier molecular flexibility index (Phi) is 3.70. The van der Waals surface area contributed by atoms with E-state index in [1.165, 1.54) is 11.1 Å². The van der Waals surface area contributed by atoms with Gasteiger partial charge in [0.05, 0.1) is 6.61 Å². The van der Waals surface area contributed by atoms with Crippen LogP contribution >= 0.6 is 0 Å². The highest BCUT2D eigenvalue weighted by Gasteiger charge is 2.28. The average molecular weight is 268 g/mol. The first-order valence-electron chi connectivity index (χ1n) is 7.13. The van der Waals surface area contributed by atoms with Gasteiger partial charge < -0.3 is 10.1 Å². The summed E-state index contributed by atoms with van der Waals surface area (Å²) in [6.07, 6.45) is 3.73. The Morgan fingerprint density at radius 3 is 2.90 bits per heavy atom. The van der Waals surface area contributed by atoms with Crippen LogP contribution in [0.15, 0.2) is 48.8 Å². The van der Waals surface area contributed by atoms with E-state index in [0.29, 0.717) is 12.0 Å². The molecular weight excluding hydrogens is 248 g/mol. The maximum absolute atomic E-state index is 5.80. The van der Waals surface area contributed by atoms with Gasteiger partial charge in [0, 0.05) is 36.0 Å². The van der Waals surface area contributed by atoms with Crippen LogP contribution in [-0.4, -0.2) is 11.6 Å². The van der Waals surface area contributed by atoms with Crippen molar-refractivity contribution in [2.24, 2.45) is 5.92 Å². The minimum atomic E-state index is 0.266. The summed E-state index contributed by atoms with van der Waals surface area (Å²) in [5, 5.41) is 3.72. The summed E-state index contributed by atoms with van der Waals surface area (Å²) in [6, 6.07) is 13.0. The van der Waals surface area contributed by atoms with E-state index in [4.69, 9.17) is 4.74 Å². The van der Waals surface area contributed by atoms with Crippen molar-refractivity contribution in [2.75, 3.05) is 6.61 Å². The molecule has 3 heteroatoms. The molecule has 3 nitrogen and oxygen atoms in total. The fourth-order valence-electron chi connectivity index (χ4n) is 2.74. The van der Waals surface area contributed by atoms with Crippen molar-refractivity contribution in [1.82, 2.24) is 10.3 Å². The zero-order valence-corrected chi connectivity index (χ0v) is 11.9. The Morgan fingerprint density at radius 2 is 2.10 bits per heavy atom. The van der Waals surface area contributed by atoms with Gasteiger partial charge in [-0.15, -0.1) is 0 Å². The summed E-state index contributed by atoms with van der Waals surface area (Å²) in [7, 11) is 0. The molecule has 0 fully saturated rings. The van der Waals surface area contributed by atoms with Gasteiger partial charge in [0.25, 0.3) is 0 Å². The standard InChI is InChI=1S/C17H20N2O/c1-12-11-20-16-8-4-3-7-15(16)17(12)19-13(2)14-6-5-9-18-10-14/h3-10,12-13,17,19H,11H2,1-2H3. The average Bonchev–Trinajstić information content (AvgIpc) is 2.51. The van der Waals surface area contributed by atoms with E-state index in [1.54, 1.807) is 0 Å². The number of nitrogens with one attached hydrogen (secondary N) is 1. The normalized spacial score (nSPS) is 22.7. The summed E-state index contributed by atoms with van der Waals surface area (Å²) in [5.74, 6) is 1.45. The van der Waals surface area contributed by atoms with Gasteiger partial charge in [-0.25, -0.2) is 0 Å². The lowest BCUT2D eigenvalue weighted by Gasteiger charge is -2.34. The third-order valence-electron chi connectivity index (χ3n) is 3.94. The number of rotatable bonds is 3. The van der Waals surface area contributed by atoms with Gasteiger partial charge in [0.1, 0.15) is 5.75 Å². The largest absolute Gasteiger partial charge is 0.493 e. The Balaban J connectivity index is 1.83. The van der Waals surface area contributed by atoms with Crippen LogP contribution < -0.4 is 10.1 Å². The van der Waals surface area contributed by atoms with Crippen LogP contribution in [0, 0.1) is 5.92 Å². The second kappa shape index (κ2) is 5.63. The van der Waals surface area contributed by atoms with Crippen molar-refractivity contribution < 1.29 is 4.74 Å². The third-order valence-corrected chi connectivity index (χ3v) is 3.94. The second-order valence-corrected chi connectivity index (χ2v) is 5.48. The molecule has 3 unspecified atom stereocenters. The van der Waals surface area contributed by atoms with Gasteiger partial charge in [-0.05, 0) is 24.6 Å². The predicted molar refractivity (Wildman–Crippen MR) is 79.6 cm³/mol. The Labute approximate surface area is 120 Å². The molecule has 2 heterocycles. The predicted octanol–water partition coefficient (Wildman–Crippen LogP) is 3.50. The maximum atomic E-state index is 5.80. The zero-order chi connectivity index (χ0) is 13.9. The van der Waals surface area contributed by atoms with Crippen molar-refractivity contribution in [1.29, 1.82) is 0 Å². The van der Waals surface area contributed by atoms with Crippen LogP contribution in [0.1, 0.15) is 37.1 Å². The van der Waals surface area contributed by atoms with E-state index >= 15 is 0 Å². The first-order chi connectivity index (χ1) is 9.75. The van der Waals surface area contributed by atoms with Crippen molar-refractivity contribution in [3.63, 3.8) is 0 Å². The number of ether oxygens (including phenoxy) is 1. The summed E-state index contributed by atoms with van der Waals surface area (Å²) >= 11 is 0. The highest BCUT2D eigenvalue weighted by molar-refractivity contribution is 5.38. The highest BCUT2D eigenvalue weighted by Crippen LogP contribution is 2.36. The van der Waals surface area contributed by atoms with Crippen LogP contribution in [-0.2, 0) is 0 Å².